The minimum atomic E-state index is -2.67. The zero-order chi connectivity index (χ0) is 17.9. The van der Waals surface area contributed by atoms with Crippen LogP contribution >= 0.6 is 7.14 Å². The third kappa shape index (κ3) is 3.88. The van der Waals surface area contributed by atoms with Crippen LogP contribution < -0.4 is 10.6 Å². The van der Waals surface area contributed by atoms with Crippen LogP contribution in [0.25, 0.3) is 0 Å². The van der Waals surface area contributed by atoms with Crippen molar-refractivity contribution in [1.82, 2.24) is 0 Å². The Bertz CT molecular complexity index is 761. The molecule has 0 spiro atoms. The van der Waals surface area contributed by atoms with Crippen molar-refractivity contribution in [3.05, 3.63) is 84.5 Å². The Morgan fingerprint density at radius 1 is 1.00 bits per heavy atom. The van der Waals surface area contributed by atoms with Crippen molar-refractivity contribution in [1.29, 1.82) is 0 Å². The maximum Gasteiger partial charge on any atom is 0.146 e. The predicted octanol–water partition coefficient (Wildman–Crippen LogP) is 5.55. The van der Waals surface area contributed by atoms with Crippen molar-refractivity contribution in [2.45, 2.75) is 26.7 Å². The summed E-state index contributed by atoms with van der Waals surface area (Å²) in [5, 5.41) is 1.86. The molecule has 1 nitrogen and oxygen atoms in total. The van der Waals surface area contributed by atoms with E-state index in [-0.39, 0.29) is 0 Å². The molecule has 2 unspecified atom stereocenters. The van der Waals surface area contributed by atoms with Crippen LogP contribution in [0.3, 0.4) is 0 Å². The minimum absolute atomic E-state index is 0.517. The standard InChI is InChI=1S/C23H27OP/c1-18-16-19(2)20(3)21(17-18)14-15-25(24,22-10-6-4-7-11-22)23-12-8-5-9-13-23/h4-14,18-19H,3,15-17H2,1-2H3/b21-14-. The van der Waals surface area contributed by atoms with Crippen LogP contribution in [-0.4, -0.2) is 6.16 Å². The van der Waals surface area contributed by atoms with Gasteiger partial charge in [0, 0.05) is 16.8 Å². The van der Waals surface area contributed by atoms with E-state index in [1.807, 2.05) is 60.7 Å². The van der Waals surface area contributed by atoms with Gasteiger partial charge in [0.05, 0.1) is 0 Å². The molecular weight excluding hydrogens is 323 g/mol. The Kier molecular flexibility index (Phi) is 5.45. The predicted molar refractivity (Wildman–Crippen MR) is 109 cm³/mol. The monoisotopic (exact) mass is 350 g/mol. The molecule has 1 aliphatic carbocycles. The van der Waals surface area contributed by atoms with Crippen LogP contribution in [0.15, 0.2) is 84.5 Å². The van der Waals surface area contributed by atoms with Gasteiger partial charge in [-0.05, 0) is 35.8 Å². The first-order chi connectivity index (χ1) is 12.0. The van der Waals surface area contributed by atoms with Crippen molar-refractivity contribution in [3.63, 3.8) is 0 Å². The Morgan fingerprint density at radius 3 is 2.04 bits per heavy atom. The maximum atomic E-state index is 14.1. The summed E-state index contributed by atoms with van der Waals surface area (Å²) in [6.45, 7) is 8.85. The molecule has 2 atom stereocenters. The molecule has 0 N–H and O–H groups in total. The van der Waals surface area contributed by atoms with Gasteiger partial charge in [-0.25, -0.2) is 0 Å². The Labute approximate surface area is 151 Å². The third-order valence-electron chi connectivity index (χ3n) is 5.27. The van der Waals surface area contributed by atoms with Gasteiger partial charge in [0.2, 0.25) is 0 Å². The van der Waals surface area contributed by atoms with Gasteiger partial charge in [-0.15, -0.1) is 0 Å². The highest BCUT2D eigenvalue weighted by molar-refractivity contribution is 7.78. The van der Waals surface area contributed by atoms with Crippen molar-refractivity contribution in [2.24, 2.45) is 11.8 Å². The molecule has 0 aromatic heterocycles. The van der Waals surface area contributed by atoms with Gasteiger partial charge >= 0.3 is 0 Å². The van der Waals surface area contributed by atoms with Crippen LogP contribution in [0, 0.1) is 11.8 Å². The van der Waals surface area contributed by atoms with Crippen LogP contribution in [0.2, 0.25) is 0 Å². The number of benzene rings is 2. The first-order valence-electron chi connectivity index (χ1n) is 9.09. The van der Waals surface area contributed by atoms with E-state index >= 15 is 0 Å². The van der Waals surface area contributed by atoms with Gasteiger partial charge in [-0.1, -0.05) is 87.2 Å². The van der Waals surface area contributed by atoms with E-state index in [4.69, 9.17) is 0 Å². The van der Waals surface area contributed by atoms with Gasteiger partial charge in [0.1, 0.15) is 7.14 Å². The van der Waals surface area contributed by atoms with Gasteiger partial charge in [0.25, 0.3) is 0 Å². The largest absolute Gasteiger partial charge is 0.313 e. The molecule has 25 heavy (non-hydrogen) atoms. The van der Waals surface area contributed by atoms with Gasteiger partial charge in [-0.3, -0.25) is 0 Å². The summed E-state index contributed by atoms with van der Waals surface area (Å²) < 4.78 is 14.1. The molecule has 3 rings (SSSR count). The van der Waals surface area contributed by atoms with Crippen LogP contribution in [-0.2, 0) is 4.57 Å². The molecule has 0 amide bonds. The van der Waals surface area contributed by atoms with Crippen molar-refractivity contribution < 1.29 is 4.57 Å². The molecule has 1 aliphatic rings. The average molecular weight is 350 g/mol. The van der Waals surface area contributed by atoms with E-state index in [9.17, 15) is 4.57 Å². The third-order valence-corrected chi connectivity index (χ3v) is 8.23. The van der Waals surface area contributed by atoms with Crippen LogP contribution in [0.4, 0.5) is 0 Å². The van der Waals surface area contributed by atoms with Gasteiger partial charge < -0.3 is 4.57 Å². The fourth-order valence-electron chi connectivity index (χ4n) is 3.80. The van der Waals surface area contributed by atoms with Gasteiger partial charge in [-0.2, -0.15) is 0 Å². The normalized spacial score (nSPS) is 23.0. The highest BCUT2D eigenvalue weighted by Crippen LogP contribution is 2.45. The molecule has 0 saturated heterocycles. The average Bonchev–Trinajstić information content (AvgIpc) is 2.64. The molecular formula is C23H27OP. The second kappa shape index (κ2) is 7.58. The van der Waals surface area contributed by atoms with Crippen molar-refractivity contribution >= 4 is 17.8 Å². The summed E-state index contributed by atoms with van der Waals surface area (Å²) in [6.07, 6.45) is 5.02. The minimum Gasteiger partial charge on any atom is -0.313 e. The molecule has 130 valence electrons. The summed E-state index contributed by atoms with van der Waals surface area (Å²) in [4.78, 5) is 0. The highest BCUT2D eigenvalue weighted by Gasteiger charge is 2.28. The second-order valence-electron chi connectivity index (χ2n) is 7.29. The summed E-state index contributed by atoms with van der Waals surface area (Å²) in [7, 11) is -2.67. The number of rotatable bonds is 4. The lowest BCUT2D eigenvalue weighted by Crippen LogP contribution is -2.19. The van der Waals surface area contributed by atoms with E-state index in [2.05, 4.69) is 26.5 Å². The quantitative estimate of drug-likeness (QED) is 0.661. The lowest BCUT2D eigenvalue weighted by atomic mass is 9.77. The highest BCUT2D eigenvalue weighted by atomic mass is 31.2. The van der Waals surface area contributed by atoms with Crippen LogP contribution in [0.1, 0.15) is 26.7 Å². The molecule has 2 aromatic rings. The molecule has 1 fully saturated rings. The number of hydrogen-bond donors (Lipinski definition) is 0. The molecule has 2 aromatic carbocycles. The van der Waals surface area contributed by atoms with E-state index < -0.39 is 7.14 Å². The summed E-state index contributed by atoms with van der Waals surface area (Å²) in [5.74, 6) is 1.18. The Hall–Kier alpha value is -1.85. The van der Waals surface area contributed by atoms with Gasteiger partial charge in [0.15, 0.2) is 0 Å². The Morgan fingerprint density at radius 2 is 1.52 bits per heavy atom. The maximum absolute atomic E-state index is 14.1. The number of allylic oxidation sites excluding steroid dienone is 3. The molecule has 0 bridgehead atoms. The molecule has 2 heteroatoms. The molecule has 0 radical (unpaired) electrons. The molecule has 0 heterocycles. The van der Waals surface area contributed by atoms with E-state index in [0.29, 0.717) is 18.0 Å². The van der Waals surface area contributed by atoms with Crippen molar-refractivity contribution in [2.75, 3.05) is 6.16 Å². The lowest BCUT2D eigenvalue weighted by molar-refractivity contribution is 0.417. The summed E-state index contributed by atoms with van der Waals surface area (Å²) in [6, 6.07) is 19.8. The smallest absolute Gasteiger partial charge is 0.146 e. The first kappa shape index (κ1) is 18.0. The summed E-state index contributed by atoms with van der Waals surface area (Å²) >= 11 is 0. The fraction of sp³-hybridized carbons (Fsp3) is 0.304. The van der Waals surface area contributed by atoms with Crippen LogP contribution in [0.5, 0.6) is 0 Å². The SMILES string of the molecule is C=C1/C(=C\CP(=O)(c2ccccc2)c2ccccc2)CC(C)CC1C. The van der Waals surface area contributed by atoms with E-state index in [1.54, 1.807) is 0 Å². The van der Waals surface area contributed by atoms with E-state index in [0.717, 1.165) is 17.0 Å². The lowest BCUT2D eigenvalue weighted by Gasteiger charge is -2.29. The topological polar surface area (TPSA) is 17.1 Å². The second-order valence-corrected chi connectivity index (χ2v) is 10.2. The molecule has 1 saturated carbocycles. The molecule has 0 aliphatic heterocycles. The zero-order valence-corrected chi connectivity index (χ0v) is 16.1. The fourth-order valence-corrected chi connectivity index (χ4v) is 6.31. The number of hydrogen-bond acceptors (Lipinski definition) is 1. The summed E-state index contributed by atoms with van der Waals surface area (Å²) in [5.41, 5.74) is 2.53. The van der Waals surface area contributed by atoms with Crippen molar-refractivity contribution in [3.8, 4) is 0 Å². The zero-order valence-electron chi connectivity index (χ0n) is 15.2. The van der Waals surface area contributed by atoms with E-state index in [1.165, 1.54) is 17.6 Å². The Balaban J connectivity index is 1.98. The first-order valence-corrected chi connectivity index (χ1v) is 11.0.